The fourth-order valence-corrected chi connectivity index (χ4v) is 3.28. The van der Waals surface area contributed by atoms with Gasteiger partial charge in [-0.15, -0.1) is 0 Å². The van der Waals surface area contributed by atoms with Crippen molar-refractivity contribution in [2.75, 3.05) is 33.4 Å². The highest BCUT2D eigenvalue weighted by Gasteiger charge is 2.11. The molecule has 0 saturated carbocycles. The molecule has 0 spiro atoms. The molecule has 1 saturated heterocycles. The lowest BCUT2D eigenvalue weighted by Crippen LogP contribution is -2.35. The molecule has 0 amide bonds. The lowest BCUT2D eigenvalue weighted by Gasteiger charge is -2.26. The maximum atomic E-state index is 11.7. The molecule has 1 aliphatic rings. The number of esters is 1. The monoisotopic (exact) mass is 413 g/mol. The highest BCUT2D eigenvalue weighted by atomic mass is 16.5. The van der Waals surface area contributed by atoms with Crippen molar-refractivity contribution in [3.63, 3.8) is 0 Å². The van der Waals surface area contributed by atoms with Crippen molar-refractivity contribution in [1.29, 1.82) is 0 Å². The normalized spacial score (nSPS) is 13.8. The third-order valence-corrected chi connectivity index (χ3v) is 5.03. The predicted octanol–water partition coefficient (Wildman–Crippen LogP) is 3.16. The van der Waals surface area contributed by atoms with E-state index in [2.05, 4.69) is 26.7 Å². The number of ether oxygens (including phenoxy) is 2. The van der Waals surface area contributed by atoms with E-state index in [-0.39, 0.29) is 5.97 Å². The summed E-state index contributed by atoms with van der Waals surface area (Å²) in [6.07, 6.45) is 3.42. The van der Waals surface area contributed by atoms with Crippen molar-refractivity contribution in [3.05, 3.63) is 83.3 Å². The first kappa shape index (κ1) is 20.7. The minimum absolute atomic E-state index is 0.379. The Balaban J connectivity index is 1.41. The van der Waals surface area contributed by atoms with Gasteiger partial charge < -0.3 is 9.47 Å². The molecule has 4 rings (SSSR count). The zero-order valence-electron chi connectivity index (χ0n) is 17.4. The fourth-order valence-electron chi connectivity index (χ4n) is 3.28. The van der Waals surface area contributed by atoms with E-state index in [1.54, 1.807) is 18.3 Å². The zero-order valence-corrected chi connectivity index (χ0v) is 17.4. The number of morpholine rings is 1. The summed E-state index contributed by atoms with van der Waals surface area (Å²) >= 11 is 0. The first-order valence-electron chi connectivity index (χ1n) is 10.1. The fraction of sp³-hybridized carbons (Fsp3) is 0.240. The molecule has 2 aromatic heterocycles. The van der Waals surface area contributed by atoms with Crippen molar-refractivity contribution in [2.24, 2.45) is 0 Å². The van der Waals surface area contributed by atoms with Gasteiger partial charge in [-0.25, -0.2) is 4.79 Å². The van der Waals surface area contributed by atoms with Crippen LogP contribution in [0.1, 0.15) is 27.2 Å². The largest absolute Gasteiger partial charge is 0.465 e. The summed E-state index contributed by atoms with van der Waals surface area (Å²) < 4.78 is 10.1. The number of hydrogen-bond donors (Lipinski definition) is 0. The summed E-state index contributed by atoms with van der Waals surface area (Å²) in [5.41, 5.74) is 4.90. The molecule has 6 heteroatoms. The first-order valence-corrected chi connectivity index (χ1v) is 10.1. The molecule has 0 bridgehead atoms. The van der Waals surface area contributed by atoms with E-state index in [0.717, 1.165) is 55.2 Å². The number of nitrogens with zero attached hydrogens (tertiary/aromatic N) is 3. The van der Waals surface area contributed by atoms with Crippen LogP contribution in [0.4, 0.5) is 0 Å². The van der Waals surface area contributed by atoms with Gasteiger partial charge in [0.05, 0.1) is 37.3 Å². The summed E-state index contributed by atoms with van der Waals surface area (Å²) in [6.45, 7) is 4.30. The molecular weight excluding hydrogens is 390 g/mol. The Morgan fingerprint density at radius 1 is 1.03 bits per heavy atom. The quantitative estimate of drug-likeness (QED) is 0.484. The zero-order chi connectivity index (χ0) is 21.5. The molecular formula is C25H23N3O3. The number of carbonyl (C=O) groups excluding carboxylic acids is 1. The Morgan fingerprint density at radius 2 is 1.77 bits per heavy atom. The lowest BCUT2D eigenvalue weighted by atomic mass is 10.1. The Morgan fingerprint density at radius 3 is 2.48 bits per heavy atom. The van der Waals surface area contributed by atoms with Crippen molar-refractivity contribution in [1.82, 2.24) is 14.9 Å². The molecule has 0 N–H and O–H groups in total. The third-order valence-electron chi connectivity index (χ3n) is 5.03. The molecule has 31 heavy (non-hydrogen) atoms. The molecule has 1 aliphatic heterocycles. The van der Waals surface area contributed by atoms with Gasteiger partial charge >= 0.3 is 5.97 Å². The van der Waals surface area contributed by atoms with Crippen LogP contribution in [-0.4, -0.2) is 54.3 Å². The summed E-state index contributed by atoms with van der Waals surface area (Å²) in [4.78, 5) is 22.9. The molecule has 3 heterocycles. The highest BCUT2D eigenvalue weighted by molar-refractivity contribution is 5.90. The second kappa shape index (κ2) is 9.98. The van der Waals surface area contributed by atoms with Crippen LogP contribution in [0, 0.1) is 11.8 Å². The summed E-state index contributed by atoms with van der Waals surface area (Å²) in [5, 5.41) is 0. The average molecular weight is 413 g/mol. The van der Waals surface area contributed by atoms with Crippen LogP contribution >= 0.6 is 0 Å². The van der Waals surface area contributed by atoms with Crippen LogP contribution in [-0.2, 0) is 16.0 Å². The van der Waals surface area contributed by atoms with Gasteiger partial charge in [-0.3, -0.25) is 14.9 Å². The van der Waals surface area contributed by atoms with Crippen molar-refractivity contribution >= 4 is 5.97 Å². The van der Waals surface area contributed by atoms with E-state index in [9.17, 15) is 4.79 Å². The van der Waals surface area contributed by atoms with Crippen molar-refractivity contribution < 1.29 is 14.3 Å². The number of methoxy groups -OCH3 is 1. The van der Waals surface area contributed by atoms with Gasteiger partial charge in [0.1, 0.15) is 0 Å². The number of pyridine rings is 2. The maximum absolute atomic E-state index is 11.7. The molecule has 6 nitrogen and oxygen atoms in total. The maximum Gasteiger partial charge on any atom is 0.337 e. The van der Waals surface area contributed by atoms with Crippen LogP contribution in [0.3, 0.4) is 0 Å². The van der Waals surface area contributed by atoms with Gasteiger partial charge in [-0.05, 0) is 36.4 Å². The first-order chi connectivity index (χ1) is 15.2. The second-order valence-electron chi connectivity index (χ2n) is 7.18. The number of benzene rings is 1. The van der Waals surface area contributed by atoms with Gasteiger partial charge in [0.15, 0.2) is 0 Å². The van der Waals surface area contributed by atoms with Crippen LogP contribution in [0.15, 0.2) is 60.9 Å². The van der Waals surface area contributed by atoms with E-state index in [1.807, 2.05) is 42.6 Å². The Bertz CT molecular complexity index is 1090. The standard InChI is InChI=1S/C25H23N3O3/c1-30-25(29)22-10-11-26-24(16-22)21-7-4-19(5-8-21)2-3-20-6-9-23(27-17-20)18-28-12-14-31-15-13-28/h4-11,16-17H,12-15,18H2,1H3. The summed E-state index contributed by atoms with van der Waals surface area (Å²) in [7, 11) is 1.36. The molecule has 0 aliphatic carbocycles. The predicted molar refractivity (Wildman–Crippen MR) is 117 cm³/mol. The molecule has 1 fully saturated rings. The SMILES string of the molecule is COC(=O)c1ccnc(-c2ccc(C#Cc3ccc(CN4CCOCC4)nc3)cc2)c1. The van der Waals surface area contributed by atoms with Crippen LogP contribution < -0.4 is 0 Å². The Kier molecular flexibility index (Phi) is 6.68. The van der Waals surface area contributed by atoms with E-state index in [4.69, 9.17) is 9.47 Å². The molecule has 156 valence electrons. The Labute approximate surface area is 181 Å². The molecule has 0 radical (unpaired) electrons. The molecule has 3 aromatic rings. The number of aromatic nitrogens is 2. The van der Waals surface area contributed by atoms with Crippen molar-refractivity contribution in [3.8, 4) is 23.1 Å². The van der Waals surface area contributed by atoms with Gasteiger partial charge in [-0.2, -0.15) is 0 Å². The molecule has 0 unspecified atom stereocenters. The average Bonchev–Trinajstić information content (AvgIpc) is 2.84. The number of carbonyl (C=O) groups is 1. The van der Waals surface area contributed by atoms with Crippen LogP contribution in [0.5, 0.6) is 0 Å². The minimum atomic E-state index is -0.379. The van der Waals surface area contributed by atoms with Gasteiger partial charge in [0.25, 0.3) is 0 Å². The number of hydrogen-bond acceptors (Lipinski definition) is 6. The van der Waals surface area contributed by atoms with Crippen LogP contribution in [0.2, 0.25) is 0 Å². The van der Waals surface area contributed by atoms with Gasteiger partial charge in [0.2, 0.25) is 0 Å². The molecule has 1 aromatic carbocycles. The summed E-state index contributed by atoms with van der Waals surface area (Å²) in [5.74, 6) is 5.95. The highest BCUT2D eigenvalue weighted by Crippen LogP contribution is 2.19. The lowest BCUT2D eigenvalue weighted by molar-refractivity contribution is 0.0336. The minimum Gasteiger partial charge on any atom is -0.465 e. The van der Waals surface area contributed by atoms with Crippen molar-refractivity contribution in [2.45, 2.75) is 6.54 Å². The topological polar surface area (TPSA) is 64.5 Å². The van der Waals surface area contributed by atoms with E-state index >= 15 is 0 Å². The second-order valence-corrected chi connectivity index (χ2v) is 7.18. The smallest absolute Gasteiger partial charge is 0.337 e. The third kappa shape index (κ3) is 5.54. The van der Waals surface area contributed by atoms with Gasteiger partial charge in [0, 0.05) is 48.7 Å². The van der Waals surface area contributed by atoms with Gasteiger partial charge in [-0.1, -0.05) is 24.0 Å². The van der Waals surface area contributed by atoms with E-state index in [0.29, 0.717) is 11.3 Å². The van der Waals surface area contributed by atoms with Crippen LogP contribution in [0.25, 0.3) is 11.3 Å². The van der Waals surface area contributed by atoms with E-state index < -0.39 is 0 Å². The Hall–Kier alpha value is -3.53. The van der Waals surface area contributed by atoms with E-state index in [1.165, 1.54) is 7.11 Å². The number of rotatable bonds is 4. The molecule has 0 atom stereocenters. The summed E-state index contributed by atoms with van der Waals surface area (Å²) in [6, 6.07) is 15.2.